The molecule has 182 valence electrons. The van der Waals surface area contributed by atoms with Crippen molar-refractivity contribution in [3.05, 3.63) is 88.4 Å². The Kier molecular flexibility index (Phi) is 6.09. The van der Waals surface area contributed by atoms with Crippen LogP contribution in [-0.4, -0.2) is 18.4 Å². The van der Waals surface area contributed by atoms with Gasteiger partial charge in [0.2, 0.25) is 0 Å². The molecule has 4 nitrogen and oxygen atoms in total. The summed E-state index contributed by atoms with van der Waals surface area (Å²) >= 11 is 12.2. The molecule has 0 N–H and O–H groups in total. The summed E-state index contributed by atoms with van der Waals surface area (Å²) in [4.78, 5) is 17.5. The number of alkyl halides is 3. The molecule has 3 aromatic rings. The van der Waals surface area contributed by atoms with E-state index in [0.29, 0.717) is 39.8 Å². The molecule has 1 saturated carbocycles. The van der Waals surface area contributed by atoms with Gasteiger partial charge in [0.05, 0.1) is 11.6 Å². The van der Waals surface area contributed by atoms with Gasteiger partial charge in [-0.1, -0.05) is 48.2 Å². The lowest BCUT2D eigenvalue weighted by molar-refractivity contribution is -0.274. The van der Waals surface area contributed by atoms with E-state index in [0.717, 1.165) is 12.8 Å². The minimum absolute atomic E-state index is 0.260. The van der Waals surface area contributed by atoms with Crippen LogP contribution in [0.1, 0.15) is 31.2 Å². The van der Waals surface area contributed by atoms with Crippen LogP contribution in [0.5, 0.6) is 5.75 Å². The Labute approximate surface area is 210 Å². The second kappa shape index (κ2) is 8.95. The number of amides is 2. The van der Waals surface area contributed by atoms with E-state index in [1.165, 1.54) is 18.2 Å². The zero-order valence-electron chi connectivity index (χ0n) is 18.4. The highest BCUT2D eigenvalue weighted by atomic mass is 35.5. The lowest BCUT2D eigenvalue weighted by Gasteiger charge is -2.45. The van der Waals surface area contributed by atoms with Crippen LogP contribution < -0.4 is 14.5 Å². The average molecular weight is 521 g/mol. The molecule has 0 radical (unpaired) electrons. The minimum atomic E-state index is -4.82. The molecular formula is C26H21Cl2F3N2O2. The second-order valence-electron chi connectivity index (χ2n) is 8.70. The fourth-order valence-electron chi connectivity index (χ4n) is 5.40. The van der Waals surface area contributed by atoms with Crippen molar-refractivity contribution >= 4 is 40.6 Å². The maximum atomic E-state index is 14.1. The number of fused-ring (bicyclic) bond motifs is 1. The van der Waals surface area contributed by atoms with E-state index < -0.39 is 11.9 Å². The molecule has 9 heteroatoms. The molecule has 5 rings (SSSR count). The highest BCUT2D eigenvalue weighted by Crippen LogP contribution is 2.53. The molecule has 2 amide bonds. The predicted octanol–water partition coefficient (Wildman–Crippen LogP) is 8.18. The first kappa shape index (κ1) is 23.8. The molecule has 0 bridgehead atoms. The van der Waals surface area contributed by atoms with Crippen LogP contribution in [0.25, 0.3) is 0 Å². The largest absolute Gasteiger partial charge is 0.573 e. The third-order valence-electron chi connectivity index (χ3n) is 6.70. The topological polar surface area (TPSA) is 32.8 Å². The maximum absolute atomic E-state index is 14.1. The Morgan fingerprint density at radius 2 is 1.51 bits per heavy atom. The number of benzene rings is 3. The van der Waals surface area contributed by atoms with Crippen LogP contribution in [0, 0.1) is 0 Å². The number of halogens is 5. The van der Waals surface area contributed by atoms with Crippen molar-refractivity contribution in [1.82, 2.24) is 0 Å². The summed E-state index contributed by atoms with van der Waals surface area (Å²) in [6, 6.07) is 19.3. The van der Waals surface area contributed by atoms with Crippen molar-refractivity contribution in [2.75, 3.05) is 9.80 Å². The highest BCUT2D eigenvalue weighted by molar-refractivity contribution is 6.31. The Morgan fingerprint density at radius 3 is 2.14 bits per heavy atom. The van der Waals surface area contributed by atoms with Crippen molar-refractivity contribution in [2.24, 2.45) is 0 Å². The Hall–Kier alpha value is -2.90. The van der Waals surface area contributed by atoms with Crippen LogP contribution in [0.4, 0.5) is 29.3 Å². The predicted molar refractivity (Wildman–Crippen MR) is 130 cm³/mol. The third kappa shape index (κ3) is 4.32. The number of hydrogen-bond donors (Lipinski definition) is 0. The first-order valence-corrected chi connectivity index (χ1v) is 12.0. The van der Waals surface area contributed by atoms with E-state index >= 15 is 0 Å². The molecule has 1 saturated heterocycles. The van der Waals surface area contributed by atoms with E-state index in [4.69, 9.17) is 23.2 Å². The summed E-state index contributed by atoms with van der Waals surface area (Å²) in [6.07, 6.45) is -1.86. The summed E-state index contributed by atoms with van der Waals surface area (Å²) < 4.78 is 43.3. The van der Waals surface area contributed by atoms with Gasteiger partial charge in [0.25, 0.3) is 0 Å². The fraction of sp³-hybridized carbons (Fsp3) is 0.269. The molecule has 0 spiro atoms. The zero-order chi connectivity index (χ0) is 24.8. The van der Waals surface area contributed by atoms with Crippen LogP contribution in [0.15, 0.2) is 72.8 Å². The van der Waals surface area contributed by atoms with Crippen molar-refractivity contribution in [1.29, 1.82) is 0 Å². The van der Waals surface area contributed by atoms with Gasteiger partial charge in [-0.05, 0) is 79.1 Å². The van der Waals surface area contributed by atoms with Gasteiger partial charge in [-0.25, -0.2) is 4.79 Å². The van der Waals surface area contributed by atoms with E-state index in [9.17, 15) is 18.0 Å². The van der Waals surface area contributed by atoms with Gasteiger partial charge in [0, 0.05) is 21.4 Å². The molecule has 0 aromatic heterocycles. The van der Waals surface area contributed by atoms with Crippen molar-refractivity contribution in [3.8, 4) is 5.75 Å². The lowest BCUT2D eigenvalue weighted by Crippen LogP contribution is -2.51. The molecular weight excluding hydrogens is 500 g/mol. The molecule has 3 aromatic carbocycles. The van der Waals surface area contributed by atoms with Crippen LogP contribution in [-0.2, 0) is 5.54 Å². The van der Waals surface area contributed by atoms with Gasteiger partial charge < -0.3 is 4.74 Å². The maximum Gasteiger partial charge on any atom is 0.573 e. The molecule has 2 aliphatic rings. The number of ether oxygens (including phenoxy) is 1. The highest BCUT2D eigenvalue weighted by Gasteiger charge is 2.59. The summed E-state index contributed by atoms with van der Waals surface area (Å²) in [6.45, 7) is 0. The van der Waals surface area contributed by atoms with Gasteiger partial charge in [-0.2, -0.15) is 0 Å². The van der Waals surface area contributed by atoms with E-state index in [2.05, 4.69) is 4.74 Å². The molecule has 2 unspecified atom stereocenters. The average Bonchev–Trinajstić information content (AvgIpc) is 3.08. The first-order chi connectivity index (χ1) is 16.7. The minimum Gasteiger partial charge on any atom is -0.406 e. The smallest absolute Gasteiger partial charge is 0.406 e. The van der Waals surface area contributed by atoms with E-state index in [1.54, 1.807) is 64.4 Å². The van der Waals surface area contributed by atoms with Gasteiger partial charge in [0.1, 0.15) is 5.75 Å². The van der Waals surface area contributed by atoms with Crippen LogP contribution in [0.2, 0.25) is 10.0 Å². The number of carbonyl (C=O) groups is 1. The molecule has 2 atom stereocenters. The lowest BCUT2D eigenvalue weighted by atomic mass is 9.72. The quantitative estimate of drug-likeness (QED) is 0.347. The van der Waals surface area contributed by atoms with Crippen molar-refractivity contribution in [3.63, 3.8) is 0 Å². The molecule has 1 heterocycles. The van der Waals surface area contributed by atoms with Gasteiger partial charge in [0.15, 0.2) is 0 Å². The summed E-state index contributed by atoms with van der Waals surface area (Å²) in [5.41, 5.74) is 0.969. The summed E-state index contributed by atoms with van der Waals surface area (Å²) in [5.74, 6) is -0.317. The SMILES string of the molecule is O=C1N(c2ccc(Cl)cc2)C2CCCCC2(c2cccc(OC(F)(F)F)c2)N1c1ccc(Cl)cc1. The number of nitrogens with zero attached hydrogens (tertiary/aromatic N) is 2. The number of urea groups is 1. The fourth-order valence-corrected chi connectivity index (χ4v) is 5.66. The summed E-state index contributed by atoms with van der Waals surface area (Å²) in [5, 5.41) is 1.06. The Balaban J connectivity index is 1.71. The Bertz CT molecular complexity index is 1230. The van der Waals surface area contributed by atoms with Crippen LogP contribution in [0.3, 0.4) is 0 Å². The van der Waals surface area contributed by atoms with E-state index in [-0.39, 0.29) is 17.8 Å². The number of anilines is 2. The van der Waals surface area contributed by atoms with Gasteiger partial charge >= 0.3 is 12.4 Å². The monoisotopic (exact) mass is 520 g/mol. The van der Waals surface area contributed by atoms with Gasteiger partial charge in [-0.15, -0.1) is 13.2 Å². The normalized spacial score (nSPS) is 22.3. The van der Waals surface area contributed by atoms with E-state index in [1.807, 2.05) is 0 Å². The number of carbonyl (C=O) groups excluding carboxylic acids is 1. The Morgan fingerprint density at radius 1 is 0.886 bits per heavy atom. The molecule has 35 heavy (non-hydrogen) atoms. The summed E-state index contributed by atoms with van der Waals surface area (Å²) in [7, 11) is 0. The standard InChI is InChI=1S/C26H21Cl2F3N2O2/c27-18-7-11-20(12-8-18)32-23-6-1-2-15-25(23,17-4-3-5-22(16-17)35-26(29,30)31)33(24(32)34)21-13-9-19(28)10-14-21/h3-5,7-14,16,23H,1-2,6,15H2. The second-order valence-corrected chi connectivity index (χ2v) is 9.58. The molecule has 2 fully saturated rings. The molecule has 1 aliphatic carbocycles. The third-order valence-corrected chi connectivity index (χ3v) is 7.21. The van der Waals surface area contributed by atoms with Crippen molar-refractivity contribution < 1.29 is 22.7 Å². The van der Waals surface area contributed by atoms with Gasteiger partial charge in [-0.3, -0.25) is 9.80 Å². The molecule has 1 aliphatic heterocycles. The number of rotatable bonds is 4. The first-order valence-electron chi connectivity index (χ1n) is 11.2. The number of hydrogen-bond acceptors (Lipinski definition) is 2. The zero-order valence-corrected chi connectivity index (χ0v) is 19.9. The van der Waals surface area contributed by atoms with Crippen LogP contribution >= 0.6 is 23.2 Å². The van der Waals surface area contributed by atoms with Crippen molar-refractivity contribution in [2.45, 2.75) is 43.6 Å².